The standard InChI is InChI=1S/C18H24BrN3O2/c1-13(14-4-6-16(19)7-5-14)20-17(23)12-21-8-10-22(11-9-21)18(24)15-2-3-15/h4-7,13,15H,2-3,8-12H2,1H3,(H,20,23). The predicted octanol–water partition coefficient (Wildman–Crippen LogP) is 2.18. The normalized spacial score (nSPS) is 19.8. The summed E-state index contributed by atoms with van der Waals surface area (Å²) in [4.78, 5) is 28.4. The first-order chi connectivity index (χ1) is 11.5. The molecule has 1 aromatic carbocycles. The molecule has 24 heavy (non-hydrogen) atoms. The van der Waals surface area contributed by atoms with Crippen LogP contribution in [0.25, 0.3) is 0 Å². The van der Waals surface area contributed by atoms with Crippen LogP contribution in [0.5, 0.6) is 0 Å². The minimum Gasteiger partial charge on any atom is -0.348 e. The van der Waals surface area contributed by atoms with Gasteiger partial charge in [0.25, 0.3) is 0 Å². The molecule has 1 atom stereocenters. The van der Waals surface area contributed by atoms with Crippen LogP contribution in [0.15, 0.2) is 28.7 Å². The number of nitrogens with zero attached hydrogens (tertiary/aromatic N) is 2. The number of hydrogen-bond acceptors (Lipinski definition) is 3. The summed E-state index contributed by atoms with van der Waals surface area (Å²) in [5.74, 6) is 0.627. The Kier molecular flexibility index (Phi) is 5.56. The van der Waals surface area contributed by atoms with Gasteiger partial charge < -0.3 is 10.2 Å². The largest absolute Gasteiger partial charge is 0.348 e. The van der Waals surface area contributed by atoms with E-state index in [0.717, 1.165) is 49.1 Å². The first-order valence-corrected chi connectivity index (χ1v) is 9.38. The molecule has 1 aliphatic heterocycles. The van der Waals surface area contributed by atoms with Gasteiger partial charge in [-0.3, -0.25) is 14.5 Å². The number of nitrogens with one attached hydrogen (secondary N) is 1. The molecular weight excluding hydrogens is 370 g/mol. The maximum absolute atomic E-state index is 12.3. The first-order valence-electron chi connectivity index (χ1n) is 8.59. The molecule has 0 bridgehead atoms. The molecule has 1 saturated carbocycles. The second kappa shape index (κ2) is 7.66. The highest BCUT2D eigenvalue weighted by molar-refractivity contribution is 9.10. The highest BCUT2D eigenvalue weighted by atomic mass is 79.9. The van der Waals surface area contributed by atoms with E-state index < -0.39 is 0 Å². The third-order valence-electron chi connectivity index (χ3n) is 4.73. The number of rotatable bonds is 5. The van der Waals surface area contributed by atoms with Gasteiger partial charge >= 0.3 is 0 Å². The lowest BCUT2D eigenvalue weighted by molar-refractivity contribution is -0.134. The van der Waals surface area contributed by atoms with Crippen molar-refractivity contribution in [2.45, 2.75) is 25.8 Å². The van der Waals surface area contributed by atoms with E-state index in [1.54, 1.807) is 0 Å². The lowest BCUT2D eigenvalue weighted by Crippen LogP contribution is -2.51. The molecule has 3 rings (SSSR count). The molecule has 0 radical (unpaired) electrons. The summed E-state index contributed by atoms with van der Waals surface area (Å²) >= 11 is 3.42. The molecule has 2 fully saturated rings. The van der Waals surface area contributed by atoms with E-state index in [0.29, 0.717) is 12.5 Å². The van der Waals surface area contributed by atoms with Gasteiger partial charge in [0.05, 0.1) is 12.6 Å². The molecule has 0 spiro atoms. The van der Waals surface area contributed by atoms with Crippen molar-refractivity contribution in [2.75, 3.05) is 32.7 Å². The number of halogens is 1. The summed E-state index contributed by atoms with van der Waals surface area (Å²) in [6, 6.07) is 7.97. The van der Waals surface area contributed by atoms with Crippen LogP contribution in [-0.2, 0) is 9.59 Å². The molecule has 1 N–H and O–H groups in total. The van der Waals surface area contributed by atoms with E-state index in [1.807, 2.05) is 36.1 Å². The van der Waals surface area contributed by atoms with Crippen molar-refractivity contribution in [1.29, 1.82) is 0 Å². The Morgan fingerprint density at radius 2 is 1.79 bits per heavy atom. The average molecular weight is 394 g/mol. The number of carbonyl (C=O) groups is 2. The van der Waals surface area contributed by atoms with Crippen LogP contribution in [-0.4, -0.2) is 54.3 Å². The summed E-state index contributed by atoms with van der Waals surface area (Å²) in [5, 5.41) is 3.05. The number of benzene rings is 1. The summed E-state index contributed by atoms with van der Waals surface area (Å²) in [6.07, 6.45) is 2.10. The molecule has 130 valence electrons. The van der Waals surface area contributed by atoms with Gasteiger partial charge in [-0.15, -0.1) is 0 Å². The van der Waals surface area contributed by atoms with Gasteiger partial charge in [0, 0.05) is 36.6 Å². The van der Waals surface area contributed by atoms with E-state index >= 15 is 0 Å². The second-order valence-electron chi connectivity index (χ2n) is 6.72. The van der Waals surface area contributed by atoms with E-state index in [4.69, 9.17) is 0 Å². The van der Waals surface area contributed by atoms with Crippen molar-refractivity contribution >= 4 is 27.7 Å². The maximum atomic E-state index is 12.3. The average Bonchev–Trinajstić information content (AvgIpc) is 3.40. The topological polar surface area (TPSA) is 52.7 Å². The Hall–Kier alpha value is -1.40. The number of hydrogen-bond donors (Lipinski definition) is 1. The summed E-state index contributed by atoms with van der Waals surface area (Å²) in [6.45, 7) is 5.42. The Balaban J connectivity index is 1.42. The third kappa shape index (κ3) is 4.57. The molecule has 6 heteroatoms. The molecule has 2 aliphatic rings. The second-order valence-corrected chi connectivity index (χ2v) is 7.63. The fourth-order valence-corrected chi connectivity index (χ4v) is 3.30. The Morgan fingerprint density at radius 3 is 2.38 bits per heavy atom. The molecule has 1 saturated heterocycles. The maximum Gasteiger partial charge on any atom is 0.234 e. The number of piperazine rings is 1. The molecular formula is C18H24BrN3O2. The van der Waals surface area contributed by atoms with Crippen molar-refractivity contribution in [1.82, 2.24) is 15.1 Å². The van der Waals surface area contributed by atoms with E-state index in [-0.39, 0.29) is 17.9 Å². The van der Waals surface area contributed by atoms with Gasteiger partial charge in [0.15, 0.2) is 0 Å². The van der Waals surface area contributed by atoms with Crippen LogP contribution < -0.4 is 5.32 Å². The molecule has 2 amide bonds. The van der Waals surface area contributed by atoms with Gasteiger partial charge in [-0.2, -0.15) is 0 Å². The van der Waals surface area contributed by atoms with Crippen molar-refractivity contribution in [3.05, 3.63) is 34.3 Å². The third-order valence-corrected chi connectivity index (χ3v) is 5.25. The molecule has 1 aliphatic carbocycles. The Morgan fingerprint density at radius 1 is 1.17 bits per heavy atom. The molecule has 1 aromatic rings. The summed E-state index contributed by atoms with van der Waals surface area (Å²) in [7, 11) is 0. The van der Waals surface area contributed by atoms with Gasteiger partial charge in [0.2, 0.25) is 11.8 Å². The first kappa shape index (κ1) is 17.4. The molecule has 5 nitrogen and oxygen atoms in total. The van der Waals surface area contributed by atoms with Crippen LogP contribution in [0.2, 0.25) is 0 Å². The van der Waals surface area contributed by atoms with Crippen molar-refractivity contribution in [2.24, 2.45) is 5.92 Å². The van der Waals surface area contributed by atoms with Gasteiger partial charge in [-0.05, 0) is 37.5 Å². The zero-order chi connectivity index (χ0) is 17.1. The van der Waals surface area contributed by atoms with Crippen LogP contribution in [0, 0.1) is 5.92 Å². The Bertz CT molecular complexity index is 593. The minimum absolute atomic E-state index is 0.0108. The van der Waals surface area contributed by atoms with E-state index in [1.165, 1.54) is 0 Å². The quantitative estimate of drug-likeness (QED) is 0.833. The number of amides is 2. The van der Waals surface area contributed by atoms with Crippen LogP contribution in [0.3, 0.4) is 0 Å². The predicted molar refractivity (Wildman–Crippen MR) is 96.4 cm³/mol. The van der Waals surface area contributed by atoms with Crippen molar-refractivity contribution in [3.63, 3.8) is 0 Å². The summed E-state index contributed by atoms with van der Waals surface area (Å²) in [5.41, 5.74) is 1.09. The molecule has 1 unspecified atom stereocenters. The van der Waals surface area contributed by atoms with E-state index in [2.05, 4.69) is 26.1 Å². The Labute approximate surface area is 151 Å². The van der Waals surface area contributed by atoms with E-state index in [9.17, 15) is 9.59 Å². The smallest absolute Gasteiger partial charge is 0.234 e. The van der Waals surface area contributed by atoms with Gasteiger partial charge in [-0.1, -0.05) is 28.1 Å². The molecule has 1 heterocycles. The highest BCUT2D eigenvalue weighted by Crippen LogP contribution is 2.31. The monoisotopic (exact) mass is 393 g/mol. The van der Waals surface area contributed by atoms with Crippen molar-refractivity contribution in [3.8, 4) is 0 Å². The fraction of sp³-hybridized carbons (Fsp3) is 0.556. The summed E-state index contributed by atoms with van der Waals surface area (Å²) < 4.78 is 1.03. The zero-order valence-corrected chi connectivity index (χ0v) is 15.6. The van der Waals surface area contributed by atoms with Gasteiger partial charge in [0.1, 0.15) is 0 Å². The lowest BCUT2D eigenvalue weighted by Gasteiger charge is -2.34. The number of carbonyl (C=O) groups excluding carboxylic acids is 2. The zero-order valence-electron chi connectivity index (χ0n) is 14.0. The highest BCUT2D eigenvalue weighted by Gasteiger charge is 2.34. The van der Waals surface area contributed by atoms with Crippen LogP contribution in [0.1, 0.15) is 31.4 Å². The molecule has 0 aromatic heterocycles. The fourth-order valence-electron chi connectivity index (χ4n) is 3.04. The van der Waals surface area contributed by atoms with Crippen LogP contribution in [0.4, 0.5) is 0 Å². The lowest BCUT2D eigenvalue weighted by atomic mass is 10.1. The minimum atomic E-state index is -0.0108. The van der Waals surface area contributed by atoms with Gasteiger partial charge in [-0.25, -0.2) is 0 Å². The SMILES string of the molecule is CC(NC(=O)CN1CCN(C(=O)C2CC2)CC1)c1ccc(Br)cc1. The van der Waals surface area contributed by atoms with Crippen LogP contribution >= 0.6 is 15.9 Å². The van der Waals surface area contributed by atoms with Crippen molar-refractivity contribution < 1.29 is 9.59 Å².